The molecule has 0 saturated heterocycles. The van der Waals surface area contributed by atoms with E-state index in [4.69, 9.17) is 0 Å². The highest BCUT2D eigenvalue weighted by Crippen LogP contribution is 2.14. The molecule has 1 rings (SSSR count). The van der Waals surface area contributed by atoms with E-state index in [0.29, 0.717) is 0 Å². The van der Waals surface area contributed by atoms with E-state index in [9.17, 15) is 0 Å². The van der Waals surface area contributed by atoms with Gasteiger partial charge in [0.2, 0.25) is 29.2 Å². The minimum absolute atomic E-state index is 0.856. The molecule has 1 aromatic rings. The molecule has 0 bridgehead atoms. The molecule has 0 saturated carbocycles. The zero-order valence-electron chi connectivity index (χ0n) is 8.82. The Morgan fingerprint density at radius 3 is 2.75 bits per heavy atom. The van der Waals surface area contributed by atoms with E-state index in [1.807, 2.05) is 28.0 Å². The summed E-state index contributed by atoms with van der Waals surface area (Å²) in [4.78, 5) is 4.37. The lowest BCUT2D eigenvalue weighted by Crippen LogP contribution is -2.12. The molecular formula is C11H12I2N3+. The molecule has 0 aromatic heterocycles. The van der Waals surface area contributed by atoms with Crippen molar-refractivity contribution in [3.63, 3.8) is 0 Å². The van der Waals surface area contributed by atoms with Gasteiger partial charge in [-0.3, -0.25) is 0 Å². The predicted octanol–water partition coefficient (Wildman–Crippen LogP) is 2.79. The standard InChI is InChI=1S/C11H11I2N3/c1-3-16(13)11(15-8-14-2)9-6-4-5-7-10(9)12/h3-8H,1H2,2H3/p+1. The van der Waals surface area contributed by atoms with Gasteiger partial charge in [0.1, 0.15) is 0 Å². The lowest BCUT2D eigenvalue weighted by Gasteiger charge is -1.99. The van der Waals surface area contributed by atoms with Crippen LogP contribution in [0.25, 0.3) is 0 Å². The molecule has 0 amide bonds. The lowest BCUT2D eigenvalue weighted by atomic mass is 10.2. The fourth-order valence-electron chi connectivity index (χ4n) is 1.09. The Hall–Kier alpha value is -0.440. The molecule has 0 aliphatic heterocycles. The van der Waals surface area contributed by atoms with Crippen molar-refractivity contribution < 1.29 is 2.79 Å². The van der Waals surface area contributed by atoms with Crippen molar-refractivity contribution in [3.05, 3.63) is 46.2 Å². The third-order valence-corrected chi connectivity index (χ3v) is 3.58. The van der Waals surface area contributed by atoms with Crippen LogP contribution in [0.2, 0.25) is 0 Å². The molecule has 84 valence electrons. The van der Waals surface area contributed by atoms with Crippen LogP contribution in [0.1, 0.15) is 5.56 Å². The summed E-state index contributed by atoms with van der Waals surface area (Å²) in [6.07, 6.45) is 3.39. The predicted molar refractivity (Wildman–Crippen MR) is 85.3 cm³/mol. The van der Waals surface area contributed by atoms with Crippen LogP contribution in [0.5, 0.6) is 0 Å². The van der Waals surface area contributed by atoms with E-state index >= 15 is 0 Å². The number of hydrogen-bond donors (Lipinski definition) is 1. The molecule has 1 N–H and O–H groups in total. The van der Waals surface area contributed by atoms with Gasteiger partial charge in [0.15, 0.2) is 0 Å². The van der Waals surface area contributed by atoms with Crippen molar-refractivity contribution in [2.24, 2.45) is 4.99 Å². The molecule has 16 heavy (non-hydrogen) atoms. The number of aliphatic imine (C=N–C) groups is 1. The fourth-order valence-corrected chi connectivity index (χ4v) is 2.11. The zero-order valence-corrected chi connectivity index (χ0v) is 13.1. The summed E-state index contributed by atoms with van der Waals surface area (Å²) in [6, 6.07) is 8.10. The molecule has 0 aliphatic carbocycles. The molecule has 0 radical (unpaired) electrons. The van der Waals surface area contributed by atoms with Gasteiger partial charge in [-0.2, -0.15) is 2.79 Å². The molecule has 0 heterocycles. The SMILES string of the molecule is C=C/[N+](I)=C(\N=C/NC)c1ccccc1I. The first-order chi connectivity index (χ1) is 7.70. The number of amidine groups is 1. The van der Waals surface area contributed by atoms with Crippen molar-refractivity contribution in [3.8, 4) is 0 Å². The minimum Gasteiger partial charge on any atom is -0.359 e. The highest BCUT2D eigenvalue weighted by atomic mass is 127. The van der Waals surface area contributed by atoms with Gasteiger partial charge >= 0.3 is 5.84 Å². The molecule has 1 aromatic carbocycles. The van der Waals surface area contributed by atoms with Crippen LogP contribution in [0.15, 0.2) is 42.0 Å². The monoisotopic (exact) mass is 440 g/mol. The highest BCUT2D eigenvalue weighted by Gasteiger charge is 2.16. The smallest absolute Gasteiger partial charge is 0.341 e. The average molecular weight is 440 g/mol. The van der Waals surface area contributed by atoms with Crippen LogP contribution in [-0.2, 0) is 0 Å². The van der Waals surface area contributed by atoms with Gasteiger partial charge in [-0.1, -0.05) is 18.7 Å². The Morgan fingerprint density at radius 2 is 2.19 bits per heavy atom. The number of nitrogens with one attached hydrogen (secondary N) is 1. The normalized spacial score (nSPS) is 12.4. The summed E-state index contributed by atoms with van der Waals surface area (Å²) in [7, 11) is 1.82. The van der Waals surface area contributed by atoms with Crippen molar-refractivity contribution in [1.29, 1.82) is 0 Å². The van der Waals surface area contributed by atoms with Crippen LogP contribution >= 0.6 is 45.5 Å². The van der Waals surface area contributed by atoms with Gasteiger partial charge in [-0.15, -0.1) is 0 Å². The molecule has 0 spiro atoms. The van der Waals surface area contributed by atoms with Gasteiger partial charge in [0, 0.05) is 10.6 Å². The van der Waals surface area contributed by atoms with Crippen molar-refractivity contribution >= 4 is 57.6 Å². The first-order valence-corrected chi connectivity index (χ1v) is 6.64. The summed E-state index contributed by atoms with van der Waals surface area (Å²) < 4.78 is 3.02. The van der Waals surface area contributed by atoms with Crippen LogP contribution in [0, 0.1) is 3.57 Å². The van der Waals surface area contributed by atoms with Gasteiger partial charge in [-0.25, -0.2) is 0 Å². The van der Waals surface area contributed by atoms with Gasteiger partial charge < -0.3 is 5.32 Å². The zero-order chi connectivity index (χ0) is 12.0. The van der Waals surface area contributed by atoms with E-state index in [1.165, 1.54) is 0 Å². The topological polar surface area (TPSA) is 27.4 Å². The van der Waals surface area contributed by atoms with E-state index < -0.39 is 0 Å². The Labute approximate surface area is 123 Å². The Morgan fingerprint density at radius 1 is 1.50 bits per heavy atom. The van der Waals surface area contributed by atoms with Gasteiger partial charge in [-0.05, 0) is 39.7 Å². The highest BCUT2D eigenvalue weighted by molar-refractivity contribution is 14.1. The van der Waals surface area contributed by atoms with E-state index in [-0.39, 0.29) is 0 Å². The van der Waals surface area contributed by atoms with Crippen molar-refractivity contribution in [2.45, 2.75) is 0 Å². The second kappa shape index (κ2) is 7.00. The van der Waals surface area contributed by atoms with Crippen LogP contribution < -0.4 is 5.32 Å². The van der Waals surface area contributed by atoms with Gasteiger partial charge in [0.05, 0.1) is 11.8 Å². The summed E-state index contributed by atoms with van der Waals surface area (Å²) in [5, 5.41) is 2.89. The number of hydrogen-bond acceptors (Lipinski definition) is 0. The second-order valence-electron chi connectivity index (χ2n) is 2.84. The number of rotatable bonds is 3. The minimum atomic E-state index is 0.856. The molecule has 5 heteroatoms. The van der Waals surface area contributed by atoms with Crippen molar-refractivity contribution in [2.75, 3.05) is 7.05 Å². The maximum atomic E-state index is 4.37. The number of benzene rings is 1. The number of halogens is 2. The van der Waals surface area contributed by atoms with Crippen molar-refractivity contribution in [1.82, 2.24) is 5.32 Å². The molecule has 0 atom stereocenters. The summed E-state index contributed by atoms with van der Waals surface area (Å²) in [6.45, 7) is 3.75. The molecule has 0 aliphatic rings. The third kappa shape index (κ3) is 3.55. The van der Waals surface area contributed by atoms with Crippen LogP contribution in [-0.4, -0.2) is 22.0 Å². The maximum Gasteiger partial charge on any atom is 0.341 e. The maximum absolute atomic E-state index is 4.37. The number of nitrogens with zero attached hydrogens (tertiary/aromatic N) is 2. The second-order valence-corrected chi connectivity index (χ2v) is 5.05. The van der Waals surface area contributed by atoms with E-state index in [0.717, 1.165) is 15.0 Å². The van der Waals surface area contributed by atoms with Crippen LogP contribution in [0.3, 0.4) is 0 Å². The molecule has 0 fully saturated rings. The van der Waals surface area contributed by atoms with E-state index in [2.05, 4.69) is 68.4 Å². The quantitative estimate of drug-likeness (QED) is 0.333. The lowest BCUT2D eigenvalue weighted by molar-refractivity contribution is -0.200. The summed E-state index contributed by atoms with van der Waals surface area (Å²) in [5.41, 5.74) is 1.09. The Kier molecular flexibility index (Phi) is 5.96. The van der Waals surface area contributed by atoms with Gasteiger partial charge in [0.25, 0.3) is 0 Å². The molecule has 3 nitrogen and oxygen atoms in total. The molecular weight excluding hydrogens is 428 g/mol. The largest absolute Gasteiger partial charge is 0.359 e. The third-order valence-electron chi connectivity index (χ3n) is 1.79. The first kappa shape index (κ1) is 13.6. The first-order valence-electron chi connectivity index (χ1n) is 4.60. The fraction of sp³-hybridized carbons (Fsp3) is 0.0909. The Bertz CT molecular complexity index is 439. The van der Waals surface area contributed by atoms with E-state index in [1.54, 1.807) is 12.5 Å². The Balaban J connectivity index is 3.28. The summed E-state index contributed by atoms with van der Waals surface area (Å²) in [5.74, 6) is 0.856. The molecule has 0 unspecified atom stereocenters. The van der Waals surface area contributed by atoms with Crippen LogP contribution in [0.4, 0.5) is 0 Å². The summed E-state index contributed by atoms with van der Waals surface area (Å²) >= 11 is 4.46. The average Bonchev–Trinajstić information content (AvgIpc) is 2.31.